The summed E-state index contributed by atoms with van der Waals surface area (Å²) >= 11 is 0. The molecule has 1 aliphatic carbocycles. The Kier molecular flexibility index (Phi) is 6.57. The van der Waals surface area contributed by atoms with Crippen LogP contribution in [0.1, 0.15) is 42.5 Å². The van der Waals surface area contributed by atoms with Gasteiger partial charge in [0.1, 0.15) is 0 Å². The number of hydrogen-bond acceptors (Lipinski definition) is 3. The molecule has 0 bridgehead atoms. The summed E-state index contributed by atoms with van der Waals surface area (Å²) < 4.78 is 2.24. The minimum Gasteiger partial charge on any atom is -0.391 e. The lowest BCUT2D eigenvalue weighted by molar-refractivity contribution is -0.00883. The number of fused-ring (bicyclic) bond motifs is 1. The lowest BCUT2D eigenvalue weighted by atomic mass is 9.90. The van der Waals surface area contributed by atoms with Crippen molar-refractivity contribution in [3.8, 4) is 0 Å². The topological polar surface area (TPSA) is 48.6 Å². The van der Waals surface area contributed by atoms with Crippen molar-refractivity contribution in [2.75, 3.05) is 6.54 Å². The first-order chi connectivity index (χ1) is 14.5. The minimum absolute atomic E-state index is 0.109. The molecule has 1 saturated carbocycles. The molecule has 3 atom stereocenters. The average Bonchev–Trinajstić information content (AvgIpc) is 2.99. The number of benzene rings is 2. The highest BCUT2D eigenvalue weighted by Crippen LogP contribution is 2.27. The van der Waals surface area contributed by atoms with Crippen LogP contribution in [0.2, 0.25) is 0 Å². The molecule has 4 rings (SSSR count). The molecule has 0 unspecified atom stereocenters. The fraction of sp³-hybridized carbons (Fsp3) is 0.462. The molecule has 0 spiro atoms. The maximum absolute atomic E-state index is 11.1. The van der Waals surface area contributed by atoms with Gasteiger partial charge in [0.25, 0.3) is 0 Å². The van der Waals surface area contributed by atoms with E-state index >= 15 is 0 Å². The molecule has 0 radical (unpaired) electrons. The first-order valence-electron chi connectivity index (χ1n) is 11.2. The van der Waals surface area contributed by atoms with E-state index in [0.29, 0.717) is 13.1 Å². The van der Waals surface area contributed by atoms with Gasteiger partial charge >= 0.3 is 0 Å². The standard InChI is InChI=1S/C26H34N2O2/c1-19-20(2)28(24-13-7-6-12-23(19)24)18-22(29)17-27(16-21-10-4-3-5-11-21)25-14-8-9-15-26(25)30/h3-7,10-13,22,25-26,29-30H,8-9,14-18H2,1-2H3/t22-,25+,26+/m1/s1. The summed E-state index contributed by atoms with van der Waals surface area (Å²) in [5.74, 6) is 0. The van der Waals surface area contributed by atoms with Gasteiger partial charge < -0.3 is 14.8 Å². The lowest BCUT2D eigenvalue weighted by Crippen LogP contribution is -2.48. The molecule has 3 aromatic rings. The van der Waals surface area contributed by atoms with Crippen molar-refractivity contribution in [2.24, 2.45) is 0 Å². The highest BCUT2D eigenvalue weighted by molar-refractivity contribution is 5.85. The first-order valence-corrected chi connectivity index (χ1v) is 11.2. The Morgan fingerprint density at radius 2 is 1.70 bits per heavy atom. The van der Waals surface area contributed by atoms with Gasteiger partial charge in [0.15, 0.2) is 0 Å². The molecule has 0 aliphatic heterocycles. The number of nitrogens with zero attached hydrogens (tertiary/aromatic N) is 2. The molecule has 2 aromatic carbocycles. The fourth-order valence-electron chi connectivity index (χ4n) is 5.03. The second kappa shape index (κ2) is 9.34. The first kappa shape index (κ1) is 21.1. The van der Waals surface area contributed by atoms with Crippen molar-refractivity contribution in [3.05, 3.63) is 71.4 Å². The summed E-state index contributed by atoms with van der Waals surface area (Å²) in [4.78, 5) is 2.30. The van der Waals surface area contributed by atoms with E-state index in [1.807, 2.05) is 6.07 Å². The Morgan fingerprint density at radius 1 is 1.00 bits per heavy atom. The van der Waals surface area contributed by atoms with E-state index in [-0.39, 0.29) is 12.1 Å². The summed E-state index contributed by atoms with van der Waals surface area (Å²) in [6.07, 6.45) is 3.26. The quantitative estimate of drug-likeness (QED) is 0.610. The molecule has 4 nitrogen and oxygen atoms in total. The van der Waals surface area contributed by atoms with Gasteiger partial charge in [-0.1, -0.05) is 61.4 Å². The van der Waals surface area contributed by atoms with Crippen molar-refractivity contribution in [3.63, 3.8) is 0 Å². The summed E-state index contributed by atoms with van der Waals surface area (Å²) in [6, 6.07) is 18.9. The second-order valence-electron chi connectivity index (χ2n) is 8.83. The Bertz CT molecular complexity index is 966. The fourth-order valence-corrected chi connectivity index (χ4v) is 5.03. The average molecular weight is 407 g/mol. The molecule has 4 heteroatoms. The van der Waals surface area contributed by atoms with Crippen LogP contribution in [0.5, 0.6) is 0 Å². The molecule has 2 N–H and O–H groups in total. The van der Waals surface area contributed by atoms with E-state index in [1.54, 1.807) is 0 Å². The third-order valence-electron chi connectivity index (χ3n) is 6.78. The zero-order valence-electron chi connectivity index (χ0n) is 18.2. The molecule has 30 heavy (non-hydrogen) atoms. The van der Waals surface area contributed by atoms with E-state index in [4.69, 9.17) is 0 Å². The number of aryl methyl sites for hydroxylation is 1. The van der Waals surface area contributed by atoms with Crippen LogP contribution in [-0.4, -0.2) is 44.5 Å². The van der Waals surface area contributed by atoms with Gasteiger partial charge in [-0.2, -0.15) is 0 Å². The molecule has 0 saturated heterocycles. The normalized spacial score (nSPS) is 20.7. The molecule has 1 aliphatic rings. The van der Waals surface area contributed by atoms with Crippen LogP contribution in [0, 0.1) is 13.8 Å². The van der Waals surface area contributed by atoms with Gasteiger partial charge in [-0.05, 0) is 43.9 Å². The van der Waals surface area contributed by atoms with E-state index in [2.05, 4.69) is 71.8 Å². The van der Waals surface area contributed by atoms with Gasteiger partial charge in [0.2, 0.25) is 0 Å². The van der Waals surface area contributed by atoms with Crippen molar-refractivity contribution in [1.82, 2.24) is 9.47 Å². The number of para-hydroxylation sites is 1. The third kappa shape index (κ3) is 4.46. The Morgan fingerprint density at radius 3 is 2.47 bits per heavy atom. The SMILES string of the molecule is Cc1c(C)n(C[C@H](O)CN(Cc2ccccc2)[C@H]2CCCC[C@@H]2O)c2ccccc12. The van der Waals surface area contributed by atoms with Crippen molar-refractivity contribution in [1.29, 1.82) is 0 Å². The summed E-state index contributed by atoms with van der Waals surface area (Å²) in [5.41, 5.74) is 4.89. The van der Waals surface area contributed by atoms with Crippen LogP contribution in [0.15, 0.2) is 54.6 Å². The predicted octanol–water partition coefficient (Wildman–Crippen LogP) is 4.42. The van der Waals surface area contributed by atoms with Crippen LogP contribution < -0.4 is 0 Å². The molecule has 160 valence electrons. The zero-order valence-corrected chi connectivity index (χ0v) is 18.2. The van der Waals surface area contributed by atoms with Crippen LogP contribution in [0.25, 0.3) is 10.9 Å². The van der Waals surface area contributed by atoms with Crippen molar-refractivity contribution in [2.45, 2.75) is 70.9 Å². The maximum Gasteiger partial charge on any atom is 0.0846 e. The predicted molar refractivity (Wildman–Crippen MR) is 123 cm³/mol. The third-order valence-corrected chi connectivity index (χ3v) is 6.78. The number of aliphatic hydroxyl groups excluding tert-OH is 2. The van der Waals surface area contributed by atoms with Crippen LogP contribution in [0.4, 0.5) is 0 Å². The number of aliphatic hydroxyl groups is 2. The number of rotatable bonds is 7. The molecular weight excluding hydrogens is 372 g/mol. The largest absolute Gasteiger partial charge is 0.391 e. The summed E-state index contributed by atoms with van der Waals surface area (Å²) in [5, 5.41) is 23.1. The van der Waals surface area contributed by atoms with E-state index in [9.17, 15) is 10.2 Å². The molecule has 1 heterocycles. The summed E-state index contributed by atoms with van der Waals surface area (Å²) in [6.45, 7) is 6.16. The van der Waals surface area contributed by atoms with Gasteiger partial charge in [0.05, 0.1) is 18.8 Å². The Balaban J connectivity index is 1.54. The van der Waals surface area contributed by atoms with Gasteiger partial charge in [0, 0.05) is 35.7 Å². The van der Waals surface area contributed by atoms with E-state index in [1.165, 1.54) is 27.7 Å². The second-order valence-corrected chi connectivity index (χ2v) is 8.83. The Labute approximate surface area is 179 Å². The number of hydrogen-bond donors (Lipinski definition) is 2. The highest BCUT2D eigenvalue weighted by atomic mass is 16.3. The van der Waals surface area contributed by atoms with Crippen LogP contribution in [-0.2, 0) is 13.1 Å². The lowest BCUT2D eigenvalue weighted by Gasteiger charge is -2.39. The van der Waals surface area contributed by atoms with Crippen LogP contribution >= 0.6 is 0 Å². The molecule has 0 amide bonds. The minimum atomic E-state index is -0.503. The molecular formula is C26H34N2O2. The zero-order chi connectivity index (χ0) is 21.1. The summed E-state index contributed by atoms with van der Waals surface area (Å²) in [7, 11) is 0. The molecule has 1 fully saturated rings. The van der Waals surface area contributed by atoms with Gasteiger partial charge in [-0.25, -0.2) is 0 Å². The van der Waals surface area contributed by atoms with Gasteiger partial charge in [-0.3, -0.25) is 4.90 Å². The van der Waals surface area contributed by atoms with Crippen molar-refractivity contribution < 1.29 is 10.2 Å². The van der Waals surface area contributed by atoms with E-state index in [0.717, 1.165) is 32.2 Å². The molecule has 1 aromatic heterocycles. The highest BCUT2D eigenvalue weighted by Gasteiger charge is 2.30. The number of aromatic nitrogens is 1. The Hall–Kier alpha value is -2.14. The monoisotopic (exact) mass is 406 g/mol. The maximum atomic E-state index is 11.1. The smallest absolute Gasteiger partial charge is 0.0846 e. The van der Waals surface area contributed by atoms with Gasteiger partial charge in [-0.15, -0.1) is 0 Å². The van der Waals surface area contributed by atoms with Crippen molar-refractivity contribution >= 4 is 10.9 Å². The van der Waals surface area contributed by atoms with E-state index < -0.39 is 6.10 Å². The van der Waals surface area contributed by atoms with Crippen LogP contribution in [0.3, 0.4) is 0 Å².